The Labute approximate surface area is 208 Å². The molecule has 2 fully saturated rings. The molecule has 0 saturated carbocycles. The summed E-state index contributed by atoms with van der Waals surface area (Å²) in [5, 5.41) is 13.4. The van der Waals surface area contributed by atoms with Crippen LogP contribution in [0, 0.1) is 11.6 Å². The molecule has 0 bridgehead atoms. The maximum absolute atomic E-state index is 13.6. The smallest absolute Gasteiger partial charge is 0.247 e. The van der Waals surface area contributed by atoms with E-state index in [1.807, 2.05) is 0 Å². The molecular weight excluding hydrogens is 492 g/mol. The van der Waals surface area contributed by atoms with Crippen molar-refractivity contribution in [3.8, 4) is 5.75 Å². The van der Waals surface area contributed by atoms with Gasteiger partial charge in [0.2, 0.25) is 15.9 Å². The molecule has 0 aromatic heterocycles. The van der Waals surface area contributed by atoms with E-state index in [0.717, 1.165) is 10.4 Å². The van der Waals surface area contributed by atoms with E-state index >= 15 is 0 Å². The van der Waals surface area contributed by atoms with E-state index in [4.69, 9.17) is 4.74 Å². The number of fused-ring (bicyclic) bond motifs is 2. The summed E-state index contributed by atoms with van der Waals surface area (Å²) >= 11 is 0. The first-order valence-corrected chi connectivity index (χ1v) is 13.5. The third-order valence-corrected chi connectivity index (χ3v) is 9.32. The highest BCUT2D eigenvalue weighted by molar-refractivity contribution is 7.89. The first-order valence-electron chi connectivity index (χ1n) is 12.1. The Balaban J connectivity index is 1.38. The molecule has 194 valence electrons. The molecule has 0 aliphatic carbocycles. The molecule has 3 aliphatic heterocycles. The second kappa shape index (κ2) is 9.70. The summed E-state index contributed by atoms with van der Waals surface area (Å²) in [6.07, 6.45) is 0.707. The first kappa shape index (κ1) is 25.1. The van der Waals surface area contributed by atoms with Crippen molar-refractivity contribution in [2.75, 3.05) is 26.2 Å². The van der Waals surface area contributed by atoms with Gasteiger partial charge in [-0.25, -0.2) is 17.2 Å². The second-order valence-corrected chi connectivity index (χ2v) is 11.7. The molecule has 1 amide bonds. The van der Waals surface area contributed by atoms with Crippen molar-refractivity contribution < 1.29 is 31.8 Å². The predicted molar refractivity (Wildman–Crippen MR) is 127 cm³/mol. The molecule has 2 aromatic rings. The highest BCUT2D eigenvalue weighted by Gasteiger charge is 2.47. The molecule has 3 heterocycles. The van der Waals surface area contributed by atoms with Crippen molar-refractivity contribution in [1.82, 2.24) is 14.5 Å². The third kappa shape index (κ3) is 4.84. The number of rotatable bonds is 2. The highest BCUT2D eigenvalue weighted by atomic mass is 32.2. The van der Waals surface area contributed by atoms with Crippen LogP contribution in [-0.4, -0.2) is 72.6 Å². The van der Waals surface area contributed by atoms with Gasteiger partial charge in [0.1, 0.15) is 16.7 Å². The highest BCUT2D eigenvalue weighted by Crippen LogP contribution is 2.35. The Bertz CT molecular complexity index is 1250. The van der Waals surface area contributed by atoms with Crippen LogP contribution in [0.1, 0.15) is 31.2 Å². The number of nitrogens with zero attached hydrogens (tertiary/aromatic N) is 2. The Morgan fingerprint density at radius 2 is 1.83 bits per heavy atom. The lowest BCUT2D eigenvalue weighted by Gasteiger charge is -2.43. The van der Waals surface area contributed by atoms with Crippen LogP contribution in [0.3, 0.4) is 0 Å². The number of halogens is 2. The first-order chi connectivity index (χ1) is 17.2. The zero-order valence-corrected chi connectivity index (χ0v) is 20.5. The molecule has 0 radical (unpaired) electrons. The lowest BCUT2D eigenvalue weighted by atomic mass is 9.84. The number of carbonyl (C=O) groups is 1. The summed E-state index contributed by atoms with van der Waals surface area (Å²) in [5.74, 6) is -1.97. The van der Waals surface area contributed by atoms with Crippen LogP contribution in [0.15, 0.2) is 47.4 Å². The molecule has 0 unspecified atom stereocenters. The van der Waals surface area contributed by atoms with E-state index < -0.39 is 45.2 Å². The molecule has 2 aromatic carbocycles. The monoisotopic (exact) mass is 521 g/mol. The average molecular weight is 522 g/mol. The number of hydrogen-bond donors (Lipinski definition) is 2. The maximum Gasteiger partial charge on any atom is 0.247 e. The zero-order valence-electron chi connectivity index (χ0n) is 19.7. The molecule has 5 rings (SSSR count). The Hall–Kier alpha value is -2.60. The molecule has 2 saturated heterocycles. The number of piperidine rings is 1. The normalized spacial score (nSPS) is 26.4. The number of aliphatic hydroxyl groups excluding tert-OH is 1. The number of ether oxygens (including phenoxy) is 1. The summed E-state index contributed by atoms with van der Waals surface area (Å²) in [7, 11) is -4.07. The molecule has 36 heavy (non-hydrogen) atoms. The van der Waals surface area contributed by atoms with Crippen molar-refractivity contribution >= 4 is 15.9 Å². The van der Waals surface area contributed by atoms with Gasteiger partial charge in [0.15, 0.2) is 11.6 Å². The van der Waals surface area contributed by atoms with Crippen molar-refractivity contribution in [1.29, 1.82) is 0 Å². The Morgan fingerprint density at radius 3 is 2.58 bits per heavy atom. The Kier molecular flexibility index (Phi) is 6.75. The van der Waals surface area contributed by atoms with E-state index in [-0.39, 0.29) is 30.2 Å². The number of nitrogens with one attached hydrogen (secondary N) is 1. The van der Waals surface area contributed by atoms with Crippen molar-refractivity contribution in [2.24, 2.45) is 0 Å². The topological polar surface area (TPSA) is 99.2 Å². The summed E-state index contributed by atoms with van der Waals surface area (Å²) < 4.78 is 60.8. The largest absolute Gasteiger partial charge is 0.492 e. The van der Waals surface area contributed by atoms with Crippen LogP contribution in [-0.2, 0) is 21.4 Å². The van der Waals surface area contributed by atoms with Crippen molar-refractivity contribution in [2.45, 2.75) is 54.8 Å². The van der Waals surface area contributed by atoms with E-state index in [0.29, 0.717) is 44.5 Å². The molecule has 2 atom stereocenters. The van der Waals surface area contributed by atoms with Gasteiger partial charge < -0.3 is 15.2 Å². The molecule has 3 aliphatic rings. The number of carbonyl (C=O) groups excluding carboxylic acids is 1. The summed E-state index contributed by atoms with van der Waals surface area (Å²) in [5.41, 5.74) is 0.0428. The number of amides is 1. The molecule has 2 N–H and O–H groups in total. The van der Waals surface area contributed by atoms with Gasteiger partial charge in [-0.05, 0) is 42.7 Å². The minimum Gasteiger partial charge on any atom is -0.492 e. The number of benzene rings is 2. The van der Waals surface area contributed by atoms with Crippen molar-refractivity contribution in [3.05, 3.63) is 59.7 Å². The van der Waals surface area contributed by atoms with Gasteiger partial charge in [-0.15, -0.1) is 0 Å². The van der Waals surface area contributed by atoms with E-state index in [1.54, 1.807) is 24.3 Å². The van der Waals surface area contributed by atoms with Crippen LogP contribution in [0.5, 0.6) is 5.75 Å². The quantitative estimate of drug-likeness (QED) is 0.628. The maximum atomic E-state index is 13.6. The van der Waals surface area contributed by atoms with Crippen LogP contribution in [0.2, 0.25) is 0 Å². The lowest BCUT2D eigenvalue weighted by Crippen LogP contribution is -2.59. The fourth-order valence-corrected chi connectivity index (χ4v) is 7.14. The van der Waals surface area contributed by atoms with Gasteiger partial charge in [-0.2, -0.15) is 4.31 Å². The summed E-state index contributed by atoms with van der Waals surface area (Å²) in [6, 6.07) is 9.20. The fourth-order valence-electron chi connectivity index (χ4n) is 5.37. The molecular formula is C25H29F2N3O5S. The molecule has 1 spiro atoms. The van der Waals surface area contributed by atoms with Gasteiger partial charge in [-0.1, -0.05) is 18.2 Å². The lowest BCUT2D eigenvalue weighted by molar-refractivity contribution is -0.127. The van der Waals surface area contributed by atoms with Gasteiger partial charge in [0.25, 0.3) is 0 Å². The fraction of sp³-hybridized carbons (Fsp3) is 0.480. The predicted octanol–water partition coefficient (Wildman–Crippen LogP) is 2.02. The van der Waals surface area contributed by atoms with Gasteiger partial charge >= 0.3 is 0 Å². The zero-order chi connectivity index (χ0) is 25.5. The molecule has 8 nitrogen and oxygen atoms in total. The van der Waals surface area contributed by atoms with E-state index in [2.05, 4.69) is 10.2 Å². The minimum atomic E-state index is -4.07. The standard InChI is InChI=1S/C25H29F2N3O5S/c26-19-6-5-17(13-20(19)27)15-29-10-7-25(8-11-29)9-12-35-22-3-1-2-4-23(22)36(33,34)30-16-18(31)14-21(30)24(32)28-25/h1-6,13,18,21,31H,7-12,14-16H2,(H,28,32)/t18-,21+/m1/s1. The summed E-state index contributed by atoms with van der Waals surface area (Å²) in [6.45, 7) is 1.70. The summed E-state index contributed by atoms with van der Waals surface area (Å²) in [4.78, 5) is 15.5. The van der Waals surface area contributed by atoms with Crippen LogP contribution in [0.25, 0.3) is 0 Å². The van der Waals surface area contributed by atoms with Gasteiger partial charge in [-0.3, -0.25) is 9.69 Å². The van der Waals surface area contributed by atoms with Crippen LogP contribution in [0.4, 0.5) is 8.78 Å². The van der Waals surface area contributed by atoms with E-state index in [1.165, 1.54) is 12.1 Å². The number of likely N-dealkylation sites (tertiary alicyclic amines) is 1. The number of sulfonamides is 1. The minimum absolute atomic E-state index is 0.0193. The number of para-hydroxylation sites is 1. The second-order valence-electron chi connectivity index (χ2n) is 9.82. The van der Waals surface area contributed by atoms with E-state index in [9.17, 15) is 27.1 Å². The molecule has 11 heteroatoms. The van der Waals surface area contributed by atoms with Crippen molar-refractivity contribution in [3.63, 3.8) is 0 Å². The van der Waals surface area contributed by atoms with Crippen LogP contribution < -0.4 is 10.1 Å². The number of aliphatic hydroxyl groups is 1. The third-order valence-electron chi connectivity index (χ3n) is 7.40. The van der Waals surface area contributed by atoms with Gasteiger partial charge in [0.05, 0.1) is 12.7 Å². The SMILES string of the molecule is O=C1NC2(CCOc3ccccc3S(=O)(=O)N3C[C@H](O)C[C@@H]13)CCN(Cc1ccc(F)c(F)c1)CC2. The Morgan fingerprint density at radius 1 is 1.08 bits per heavy atom. The van der Waals surface area contributed by atoms with Crippen LogP contribution >= 0.6 is 0 Å². The number of hydrogen-bond acceptors (Lipinski definition) is 6. The average Bonchev–Trinajstić information content (AvgIpc) is 3.25. The van der Waals surface area contributed by atoms with Gasteiger partial charge in [0, 0.05) is 44.6 Å².